The van der Waals surface area contributed by atoms with E-state index >= 15 is 0 Å². The van der Waals surface area contributed by atoms with Crippen LogP contribution in [0.25, 0.3) is 0 Å². The summed E-state index contributed by atoms with van der Waals surface area (Å²) in [7, 11) is 0. The first-order valence-corrected chi connectivity index (χ1v) is 6.70. The Labute approximate surface area is 119 Å². The molecule has 0 fully saturated rings. The second-order valence-corrected chi connectivity index (χ2v) is 4.98. The monoisotopic (exact) mass is 272 g/mol. The van der Waals surface area contributed by atoms with E-state index in [2.05, 4.69) is 0 Å². The SMILES string of the molecule is Cc1ccc(OCc2ccc(CO)cc2)c(C(C)O)c1. The quantitative estimate of drug-likeness (QED) is 0.879. The summed E-state index contributed by atoms with van der Waals surface area (Å²) >= 11 is 0. The first-order valence-electron chi connectivity index (χ1n) is 6.70. The van der Waals surface area contributed by atoms with Gasteiger partial charge in [0.15, 0.2) is 0 Å². The molecule has 0 aliphatic carbocycles. The highest BCUT2D eigenvalue weighted by Gasteiger charge is 2.09. The Morgan fingerprint density at radius 2 is 1.70 bits per heavy atom. The third-order valence-electron chi connectivity index (χ3n) is 3.22. The summed E-state index contributed by atoms with van der Waals surface area (Å²) in [6, 6.07) is 13.4. The fourth-order valence-electron chi connectivity index (χ4n) is 2.03. The van der Waals surface area contributed by atoms with Gasteiger partial charge in [-0.15, -0.1) is 0 Å². The molecule has 0 aliphatic rings. The highest BCUT2D eigenvalue weighted by molar-refractivity contribution is 5.38. The number of aliphatic hydroxyl groups is 2. The average molecular weight is 272 g/mol. The van der Waals surface area contributed by atoms with Gasteiger partial charge in [-0.2, -0.15) is 0 Å². The molecule has 0 aromatic heterocycles. The molecule has 1 unspecified atom stereocenters. The lowest BCUT2D eigenvalue weighted by molar-refractivity contribution is 0.190. The van der Waals surface area contributed by atoms with E-state index in [0.29, 0.717) is 12.4 Å². The van der Waals surface area contributed by atoms with Crippen LogP contribution in [0.2, 0.25) is 0 Å². The van der Waals surface area contributed by atoms with Crippen molar-refractivity contribution in [3.8, 4) is 5.75 Å². The van der Waals surface area contributed by atoms with E-state index in [9.17, 15) is 5.11 Å². The predicted molar refractivity (Wildman–Crippen MR) is 78.5 cm³/mol. The van der Waals surface area contributed by atoms with Crippen LogP contribution in [0.3, 0.4) is 0 Å². The number of aliphatic hydroxyl groups excluding tert-OH is 2. The standard InChI is InChI=1S/C17H20O3/c1-12-3-8-17(16(9-12)13(2)19)20-11-15-6-4-14(10-18)5-7-15/h3-9,13,18-19H,10-11H2,1-2H3. The lowest BCUT2D eigenvalue weighted by Crippen LogP contribution is -2.01. The van der Waals surface area contributed by atoms with E-state index in [4.69, 9.17) is 9.84 Å². The highest BCUT2D eigenvalue weighted by atomic mass is 16.5. The van der Waals surface area contributed by atoms with E-state index in [1.165, 1.54) is 0 Å². The first-order chi connectivity index (χ1) is 9.60. The number of hydrogen-bond donors (Lipinski definition) is 2. The van der Waals surface area contributed by atoms with Crippen molar-refractivity contribution in [2.75, 3.05) is 0 Å². The molecule has 0 spiro atoms. The fraction of sp³-hybridized carbons (Fsp3) is 0.294. The normalized spacial score (nSPS) is 12.2. The van der Waals surface area contributed by atoms with Crippen LogP contribution in [-0.2, 0) is 13.2 Å². The Hall–Kier alpha value is -1.84. The molecule has 3 nitrogen and oxygen atoms in total. The Bertz CT molecular complexity index is 559. The molecule has 20 heavy (non-hydrogen) atoms. The second kappa shape index (κ2) is 6.55. The average Bonchev–Trinajstić information content (AvgIpc) is 2.46. The minimum atomic E-state index is -0.554. The molecule has 0 aliphatic heterocycles. The Morgan fingerprint density at radius 1 is 1.05 bits per heavy atom. The van der Waals surface area contributed by atoms with Crippen molar-refractivity contribution in [3.63, 3.8) is 0 Å². The van der Waals surface area contributed by atoms with E-state index in [0.717, 1.165) is 22.3 Å². The molecule has 0 bridgehead atoms. The molecule has 0 saturated carbocycles. The topological polar surface area (TPSA) is 49.7 Å². The van der Waals surface area contributed by atoms with Crippen LogP contribution >= 0.6 is 0 Å². The summed E-state index contributed by atoms with van der Waals surface area (Å²) in [4.78, 5) is 0. The molecule has 1 atom stereocenters. The van der Waals surface area contributed by atoms with E-state index in [-0.39, 0.29) is 6.61 Å². The van der Waals surface area contributed by atoms with Crippen molar-refractivity contribution in [2.24, 2.45) is 0 Å². The number of aryl methyl sites for hydroxylation is 1. The van der Waals surface area contributed by atoms with E-state index in [1.54, 1.807) is 6.92 Å². The molecule has 2 rings (SSSR count). The van der Waals surface area contributed by atoms with Crippen molar-refractivity contribution in [1.29, 1.82) is 0 Å². The molecule has 2 aromatic carbocycles. The molecule has 0 saturated heterocycles. The summed E-state index contributed by atoms with van der Waals surface area (Å²) in [5, 5.41) is 18.8. The van der Waals surface area contributed by atoms with E-state index in [1.807, 2.05) is 49.4 Å². The van der Waals surface area contributed by atoms with Crippen LogP contribution in [0.4, 0.5) is 0 Å². The largest absolute Gasteiger partial charge is 0.489 e. The van der Waals surface area contributed by atoms with Gasteiger partial charge in [-0.3, -0.25) is 0 Å². The van der Waals surface area contributed by atoms with Gasteiger partial charge in [0.25, 0.3) is 0 Å². The fourth-order valence-corrected chi connectivity index (χ4v) is 2.03. The van der Waals surface area contributed by atoms with Gasteiger partial charge in [0.05, 0.1) is 12.7 Å². The van der Waals surface area contributed by atoms with Crippen LogP contribution in [0.5, 0.6) is 5.75 Å². The Morgan fingerprint density at radius 3 is 2.30 bits per heavy atom. The molecular formula is C17H20O3. The Balaban J connectivity index is 2.10. The lowest BCUT2D eigenvalue weighted by Gasteiger charge is -2.14. The minimum absolute atomic E-state index is 0.0469. The molecular weight excluding hydrogens is 252 g/mol. The molecule has 3 heteroatoms. The molecule has 0 amide bonds. The Kier molecular flexibility index (Phi) is 4.77. The van der Waals surface area contributed by atoms with Crippen molar-refractivity contribution >= 4 is 0 Å². The summed E-state index contributed by atoms with van der Waals surface area (Å²) in [6.45, 7) is 4.21. The van der Waals surface area contributed by atoms with Gasteiger partial charge in [0.2, 0.25) is 0 Å². The van der Waals surface area contributed by atoms with Gasteiger partial charge in [-0.1, -0.05) is 35.9 Å². The van der Waals surface area contributed by atoms with Crippen LogP contribution < -0.4 is 4.74 Å². The first kappa shape index (κ1) is 14.6. The molecule has 106 valence electrons. The van der Waals surface area contributed by atoms with Gasteiger partial charge in [-0.05, 0) is 37.1 Å². The smallest absolute Gasteiger partial charge is 0.125 e. The van der Waals surface area contributed by atoms with Crippen LogP contribution in [0.15, 0.2) is 42.5 Å². The predicted octanol–water partition coefficient (Wildman–Crippen LogP) is 3.12. The maximum atomic E-state index is 9.79. The zero-order chi connectivity index (χ0) is 14.5. The van der Waals surface area contributed by atoms with Crippen LogP contribution in [0, 0.1) is 6.92 Å². The van der Waals surface area contributed by atoms with Gasteiger partial charge in [0, 0.05) is 5.56 Å². The molecule has 2 aromatic rings. The van der Waals surface area contributed by atoms with Gasteiger partial charge in [0.1, 0.15) is 12.4 Å². The molecule has 0 heterocycles. The number of ether oxygens (including phenoxy) is 1. The summed E-state index contributed by atoms with van der Waals surface area (Å²) < 4.78 is 5.79. The van der Waals surface area contributed by atoms with Crippen LogP contribution in [-0.4, -0.2) is 10.2 Å². The van der Waals surface area contributed by atoms with Crippen LogP contribution in [0.1, 0.15) is 35.3 Å². The highest BCUT2D eigenvalue weighted by Crippen LogP contribution is 2.27. The van der Waals surface area contributed by atoms with Gasteiger partial charge < -0.3 is 14.9 Å². The lowest BCUT2D eigenvalue weighted by atomic mass is 10.1. The maximum absolute atomic E-state index is 9.79. The van der Waals surface area contributed by atoms with Gasteiger partial charge >= 0.3 is 0 Å². The number of hydrogen-bond acceptors (Lipinski definition) is 3. The third kappa shape index (κ3) is 3.59. The minimum Gasteiger partial charge on any atom is -0.489 e. The van der Waals surface area contributed by atoms with Crippen molar-refractivity contribution in [3.05, 3.63) is 64.7 Å². The molecule has 2 N–H and O–H groups in total. The maximum Gasteiger partial charge on any atom is 0.125 e. The zero-order valence-corrected chi connectivity index (χ0v) is 11.8. The summed E-state index contributed by atoms with van der Waals surface area (Å²) in [6.07, 6.45) is -0.554. The van der Waals surface area contributed by atoms with Crippen molar-refractivity contribution in [2.45, 2.75) is 33.2 Å². The zero-order valence-electron chi connectivity index (χ0n) is 11.8. The number of benzene rings is 2. The number of rotatable bonds is 5. The second-order valence-electron chi connectivity index (χ2n) is 4.98. The van der Waals surface area contributed by atoms with Crippen molar-refractivity contribution in [1.82, 2.24) is 0 Å². The van der Waals surface area contributed by atoms with Gasteiger partial charge in [-0.25, -0.2) is 0 Å². The summed E-state index contributed by atoms with van der Waals surface area (Å²) in [5.41, 5.74) is 3.81. The molecule has 0 radical (unpaired) electrons. The van der Waals surface area contributed by atoms with E-state index < -0.39 is 6.10 Å². The third-order valence-corrected chi connectivity index (χ3v) is 3.22. The summed E-state index contributed by atoms with van der Waals surface area (Å²) in [5.74, 6) is 0.705. The van der Waals surface area contributed by atoms with Crippen molar-refractivity contribution < 1.29 is 14.9 Å².